The van der Waals surface area contributed by atoms with E-state index in [4.69, 9.17) is 9.47 Å². The SMILES string of the molecule is CC.COCCOc1cc(C)cc(F)n1. The molecule has 0 bridgehead atoms. The van der Waals surface area contributed by atoms with Crippen LogP contribution in [-0.2, 0) is 4.74 Å². The fourth-order valence-electron chi connectivity index (χ4n) is 0.898. The highest BCUT2D eigenvalue weighted by Crippen LogP contribution is 2.10. The van der Waals surface area contributed by atoms with Gasteiger partial charge in [-0.15, -0.1) is 0 Å². The van der Waals surface area contributed by atoms with E-state index < -0.39 is 5.95 Å². The van der Waals surface area contributed by atoms with E-state index >= 15 is 0 Å². The lowest BCUT2D eigenvalue weighted by atomic mass is 10.3. The second kappa shape index (κ2) is 8.17. The van der Waals surface area contributed by atoms with E-state index in [1.807, 2.05) is 13.8 Å². The minimum absolute atomic E-state index is 0.301. The van der Waals surface area contributed by atoms with Crippen molar-refractivity contribution in [2.45, 2.75) is 20.8 Å². The van der Waals surface area contributed by atoms with Crippen LogP contribution < -0.4 is 4.74 Å². The summed E-state index contributed by atoms with van der Waals surface area (Å²) < 4.78 is 22.6. The highest BCUT2D eigenvalue weighted by molar-refractivity contribution is 5.19. The smallest absolute Gasteiger partial charge is 0.216 e. The van der Waals surface area contributed by atoms with Crippen LogP contribution in [-0.4, -0.2) is 25.3 Å². The Morgan fingerprint density at radius 1 is 1.27 bits per heavy atom. The Labute approximate surface area is 90.2 Å². The van der Waals surface area contributed by atoms with Crippen molar-refractivity contribution >= 4 is 0 Å². The van der Waals surface area contributed by atoms with E-state index in [0.29, 0.717) is 19.1 Å². The number of aryl methyl sites for hydroxylation is 1. The van der Waals surface area contributed by atoms with Gasteiger partial charge in [0.05, 0.1) is 6.61 Å². The van der Waals surface area contributed by atoms with Gasteiger partial charge < -0.3 is 9.47 Å². The quantitative estimate of drug-likeness (QED) is 0.571. The van der Waals surface area contributed by atoms with Gasteiger partial charge in [-0.05, 0) is 18.6 Å². The van der Waals surface area contributed by atoms with Gasteiger partial charge in [0.15, 0.2) is 0 Å². The monoisotopic (exact) mass is 215 g/mol. The summed E-state index contributed by atoms with van der Waals surface area (Å²) in [7, 11) is 1.58. The van der Waals surface area contributed by atoms with Crippen molar-refractivity contribution in [1.82, 2.24) is 4.98 Å². The number of hydrogen-bond donors (Lipinski definition) is 0. The predicted octanol–water partition coefficient (Wildman–Crippen LogP) is 2.58. The van der Waals surface area contributed by atoms with Gasteiger partial charge in [-0.2, -0.15) is 9.37 Å². The summed E-state index contributed by atoms with van der Waals surface area (Å²) in [5.41, 5.74) is 0.792. The molecule has 0 aliphatic heterocycles. The van der Waals surface area contributed by atoms with Gasteiger partial charge >= 0.3 is 0 Å². The molecule has 0 amide bonds. The van der Waals surface area contributed by atoms with Crippen LogP contribution in [0.15, 0.2) is 12.1 Å². The molecular formula is C11H18FNO2. The number of hydrogen-bond acceptors (Lipinski definition) is 3. The van der Waals surface area contributed by atoms with Crippen LogP contribution in [0.4, 0.5) is 4.39 Å². The molecule has 0 N–H and O–H groups in total. The number of methoxy groups -OCH3 is 1. The summed E-state index contributed by atoms with van der Waals surface area (Å²) in [6.45, 7) is 6.64. The minimum Gasteiger partial charge on any atom is -0.475 e. The zero-order valence-corrected chi connectivity index (χ0v) is 9.71. The van der Waals surface area contributed by atoms with Crippen molar-refractivity contribution < 1.29 is 13.9 Å². The van der Waals surface area contributed by atoms with Crippen molar-refractivity contribution in [3.05, 3.63) is 23.6 Å². The molecule has 3 nitrogen and oxygen atoms in total. The van der Waals surface area contributed by atoms with Gasteiger partial charge in [-0.25, -0.2) is 0 Å². The average Bonchev–Trinajstić information content (AvgIpc) is 2.20. The molecule has 4 heteroatoms. The molecule has 0 fully saturated rings. The summed E-state index contributed by atoms with van der Waals surface area (Å²) in [4.78, 5) is 3.56. The summed E-state index contributed by atoms with van der Waals surface area (Å²) in [5, 5.41) is 0. The summed E-state index contributed by atoms with van der Waals surface area (Å²) in [5.74, 6) is -0.220. The molecule has 1 aromatic heterocycles. The third kappa shape index (κ3) is 6.01. The molecule has 1 heterocycles. The number of rotatable bonds is 4. The molecule has 86 valence electrons. The molecule has 1 rings (SSSR count). The van der Waals surface area contributed by atoms with Gasteiger partial charge in [0.1, 0.15) is 6.61 Å². The van der Waals surface area contributed by atoms with Gasteiger partial charge in [0.2, 0.25) is 11.8 Å². The Bertz CT molecular complexity index is 259. The second-order valence-electron chi connectivity index (χ2n) is 2.65. The predicted molar refractivity (Wildman–Crippen MR) is 57.7 cm³/mol. The third-order valence-corrected chi connectivity index (χ3v) is 1.45. The van der Waals surface area contributed by atoms with E-state index in [2.05, 4.69) is 4.98 Å². The molecule has 15 heavy (non-hydrogen) atoms. The molecule has 0 saturated heterocycles. The Morgan fingerprint density at radius 3 is 2.47 bits per heavy atom. The summed E-state index contributed by atoms with van der Waals surface area (Å²) in [6.07, 6.45) is 0. The maximum absolute atomic E-state index is 12.7. The maximum atomic E-state index is 12.7. The molecule has 0 unspecified atom stereocenters. The highest BCUT2D eigenvalue weighted by Gasteiger charge is 1.99. The van der Waals surface area contributed by atoms with E-state index in [-0.39, 0.29) is 0 Å². The molecule has 1 aromatic rings. The number of nitrogens with zero attached hydrogens (tertiary/aromatic N) is 1. The first-order valence-corrected chi connectivity index (χ1v) is 4.98. The Kier molecular flexibility index (Phi) is 7.54. The van der Waals surface area contributed by atoms with Gasteiger partial charge in [-0.3, -0.25) is 0 Å². The zero-order chi connectivity index (χ0) is 11.7. The van der Waals surface area contributed by atoms with Gasteiger partial charge in [0, 0.05) is 13.2 Å². The first-order chi connectivity index (χ1) is 7.22. The molecule has 0 aromatic carbocycles. The molecule has 0 aliphatic rings. The lowest BCUT2D eigenvalue weighted by Gasteiger charge is -2.04. The minimum atomic E-state index is -0.521. The van der Waals surface area contributed by atoms with Gasteiger partial charge in [0.25, 0.3) is 0 Å². The highest BCUT2D eigenvalue weighted by atomic mass is 19.1. The second-order valence-corrected chi connectivity index (χ2v) is 2.65. The van der Waals surface area contributed by atoms with Crippen LogP contribution in [0.25, 0.3) is 0 Å². The summed E-state index contributed by atoms with van der Waals surface area (Å²) in [6, 6.07) is 3.03. The Morgan fingerprint density at radius 2 is 1.93 bits per heavy atom. The van der Waals surface area contributed by atoms with Crippen LogP contribution in [0.2, 0.25) is 0 Å². The third-order valence-electron chi connectivity index (χ3n) is 1.45. The van der Waals surface area contributed by atoms with E-state index in [1.54, 1.807) is 20.1 Å². The van der Waals surface area contributed by atoms with Crippen molar-refractivity contribution in [1.29, 1.82) is 0 Å². The van der Waals surface area contributed by atoms with Gasteiger partial charge in [-0.1, -0.05) is 13.8 Å². The number of pyridine rings is 1. The van der Waals surface area contributed by atoms with Crippen molar-refractivity contribution in [3.63, 3.8) is 0 Å². The Balaban J connectivity index is 0.000000921. The van der Waals surface area contributed by atoms with E-state index in [1.165, 1.54) is 6.07 Å². The van der Waals surface area contributed by atoms with E-state index in [0.717, 1.165) is 5.56 Å². The topological polar surface area (TPSA) is 31.4 Å². The summed E-state index contributed by atoms with van der Waals surface area (Å²) >= 11 is 0. The lowest BCUT2D eigenvalue weighted by molar-refractivity contribution is 0.143. The van der Waals surface area contributed by atoms with Crippen molar-refractivity contribution in [2.24, 2.45) is 0 Å². The fraction of sp³-hybridized carbons (Fsp3) is 0.545. The number of aromatic nitrogens is 1. The first-order valence-electron chi connectivity index (χ1n) is 4.98. The molecular weight excluding hydrogens is 197 g/mol. The van der Waals surface area contributed by atoms with Crippen molar-refractivity contribution in [3.8, 4) is 5.88 Å². The number of halogens is 1. The standard InChI is InChI=1S/C9H12FNO2.C2H6/c1-7-5-8(10)11-9(6-7)13-4-3-12-2;1-2/h5-6H,3-4H2,1-2H3;1-2H3. The molecule has 0 spiro atoms. The Hall–Kier alpha value is -1.16. The van der Waals surface area contributed by atoms with Crippen LogP contribution in [0.5, 0.6) is 5.88 Å². The van der Waals surface area contributed by atoms with Crippen molar-refractivity contribution in [2.75, 3.05) is 20.3 Å². The average molecular weight is 215 g/mol. The van der Waals surface area contributed by atoms with Crippen LogP contribution >= 0.6 is 0 Å². The van der Waals surface area contributed by atoms with Crippen LogP contribution in [0.1, 0.15) is 19.4 Å². The molecule has 0 atom stereocenters. The fourth-order valence-corrected chi connectivity index (χ4v) is 0.898. The molecule has 0 aliphatic carbocycles. The van der Waals surface area contributed by atoms with E-state index in [9.17, 15) is 4.39 Å². The first kappa shape index (κ1) is 13.8. The largest absolute Gasteiger partial charge is 0.475 e. The molecule has 0 saturated carbocycles. The lowest BCUT2D eigenvalue weighted by Crippen LogP contribution is -2.06. The number of ether oxygens (including phenoxy) is 2. The van der Waals surface area contributed by atoms with Crippen LogP contribution in [0.3, 0.4) is 0 Å². The molecule has 0 radical (unpaired) electrons. The maximum Gasteiger partial charge on any atom is 0.216 e. The van der Waals surface area contributed by atoms with Crippen LogP contribution in [0, 0.1) is 12.9 Å². The zero-order valence-electron chi connectivity index (χ0n) is 9.71. The normalized spacial score (nSPS) is 9.13.